The van der Waals surface area contributed by atoms with Crippen molar-refractivity contribution in [1.29, 1.82) is 0 Å². The van der Waals surface area contributed by atoms with Crippen molar-refractivity contribution in [2.75, 3.05) is 6.54 Å². The molecule has 0 amide bonds. The smallest absolute Gasteiger partial charge is 0.650 e. The van der Waals surface area contributed by atoms with Crippen LogP contribution in [0.2, 0.25) is 0 Å². The zero-order valence-electron chi connectivity index (χ0n) is 23.0. The predicted octanol–water partition coefficient (Wildman–Crippen LogP) is 7.56. The molecule has 42 heavy (non-hydrogen) atoms. The van der Waals surface area contributed by atoms with Crippen molar-refractivity contribution in [2.45, 2.75) is 18.9 Å². The third kappa shape index (κ3) is 6.39. The first-order valence-corrected chi connectivity index (χ1v) is 15.5. The van der Waals surface area contributed by atoms with E-state index in [2.05, 4.69) is 145 Å². The number of carbonyl (C=O) groups is 1. The number of carboxylic acids is 1. The van der Waals surface area contributed by atoms with E-state index in [1.54, 1.807) is 0 Å². The third-order valence-electron chi connectivity index (χ3n) is 7.56. The Bertz CT molecular complexity index is 1740. The van der Waals surface area contributed by atoms with Crippen LogP contribution >= 0.6 is 7.92 Å². The van der Waals surface area contributed by atoms with Crippen LogP contribution in [0.15, 0.2) is 133 Å². The topological polar surface area (TPSA) is 51.4 Å². The molecule has 7 rings (SSSR count). The number of carboxylic acid groups (broad SMARTS) is 1. The van der Waals surface area contributed by atoms with Crippen LogP contribution in [0.3, 0.4) is 0 Å². The molecule has 1 saturated heterocycles. The van der Waals surface area contributed by atoms with Gasteiger partial charge in [-0.15, -0.1) is 41.1 Å². The van der Waals surface area contributed by atoms with Gasteiger partial charge < -0.3 is 10.4 Å². The summed E-state index contributed by atoms with van der Waals surface area (Å²) < 4.78 is 0. The standard InChI is InChI=1S/C32H22P.C5H8NO2.Pd/c1-3-15-26(16-4-1)33(27-17-5-2-6-18-27)31-23-22-25-13-8-10-20-29(25)32(31)30-21-11-14-24-12-7-9-19-28(24)30;7-5(8)4-2-1-3-6-4;/h1-20,22-23H;4H,1-3H2,(H,7,8);/q2*-1;+2/p+1/t;4-;/m.0./s1. The van der Waals surface area contributed by atoms with Gasteiger partial charge in [-0.25, -0.2) is 0 Å². The van der Waals surface area contributed by atoms with Crippen molar-refractivity contribution in [3.05, 3.63) is 145 Å². The number of nitrogens with zero attached hydrogens (tertiary/aromatic N) is 1. The molecule has 1 fully saturated rings. The molecule has 1 atom stereocenters. The molecule has 0 aliphatic carbocycles. The van der Waals surface area contributed by atoms with Gasteiger partial charge in [0.2, 0.25) is 0 Å². The van der Waals surface area contributed by atoms with Crippen LogP contribution in [0.1, 0.15) is 12.8 Å². The minimum absolute atomic E-state index is 0. The second kappa shape index (κ2) is 14.0. The first-order chi connectivity index (χ1) is 20.2. The molecule has 6 aromatic carbocycles. The zero-order valence-corrected chi connectivity index (χ0v) is 25.6. The summed E-state index contributed by atoms with van der Waals surface area (Å²) in [5, 5.41) is 21.4. The van der Waals surface area contributed by atoms with Crippen molar-refractivity contribution >= 4 is 51.3 Å². The van der Waals surface area contributed by atoms with Gasteiger partial charge in [-0.1, -0.05) is 104 Å². The van der Waals surface area contributed by atoms with Crippen molar-refractivity contribution < 1.29 is 30.3 Å². The molecule has 1 N–H and O–H groups in total. The summed E-state index contributed by atoms with van der Waals surface area (Å²) in [7, 11) is -1.23. The van der Waals surface area contributed by atoms with Gasteiger partial charge in [0, 0.05) is 0 Å². The molecule has 0 saturated carbocycles. The first kappa shape index (κ1) is 29.8. The maximum absolute atomic E-state index is 10.1. The number of fused-ring (bicyclic) bond motifs is 2. The van der Waals surface area contributed by atoms with E-state index in [1.807, 2.05) is 0 Å². The molecule has 210 valence electrons. The summed E-state index contributed by atoms with van der Waals surface area (Å²) in [4.78, 5) is 10.1. The minimum Gasteiger partial charge on any atom is -0.650 e. The Hall–Kier alpha value is -3.64. The Kier molecular flexibility index (Phi) is 9.96. The van der Waals surface area contributed by atoms with Gasteiger partial charge in [0.15, 0.2) is 0 Å². The number of rotatable bonds is 5. The van der Waals surface area contributed by atoms with Crippen LogP contribution in [0.4, 0.5) is 0 Å². The van der Waals surface area contributed by atoms with Crippen molar-refractivity contribution in [3.63, 3.8) is 0 Å². The Balaban J connectivity index is 0.000000342. The van der Waals surface area contributed by atoms with Crippen LogP contribution in [0.25, 0.3) is 38.0 Å². The second-order valence-electron chi connectivity index (χ2n) is 10.2. The van der Waals surface area contributed by atoms with E-state index in [0.717, 1.165) is 19.4 Å². The van der Waals surface area contributed by atoms with E-state index in [1.165, 1.54) is 48.6 Å². The van der Waals surface area contributed by atoms with Gasteiger partial charge in [0.25, 0.3) is 5.97 Å². The van der Waals surface area contributed by atoms with E-state index in [9.17, 15) is 4.79 Å². The van der Waals surface area contributed by atoms with Crippen LogP contribution < -0.4 is 15.9 Å². The molecule has 1 aliphatic rings. The molecule has 0 radical (unpaired) electrons. The summed E-state index contributed by atoms with van der Waals surface area (Å²) >= 11 is 0. The molecule has 0 bridgehead atoms. The molecular formula is C37H31NO2PPd+. The Labute approximate surface area is 262 Å². The quantitative estimate of drug-likeness (QED) is 0.118. The molecule has 1 aliphatic heterocycles. The van der Waals surface area contributed by atoms with E-state index in [-0.39, 0.29) is 20.4 Å². The fraction of sp³-hybridized carbons (Fsp3) is 0.108. The van der Waals surface area contributed by atoms with Gasteiger partial charge in [-0.05, 0) is 52.7 Å². The summed E-state index contributed by atoms with van der Waals surface area (Å²) in [5.41, 5.74) is 2.50. The van der Waals surface area contributed by atoms with E-state index >= 15 is 0 Å². The fourth-order valence-electron chi connectivity index (χ4n) is 5.63. The summed E-state index contributed by atoms with van der Waals surface area (Å²) in [6.45, 7) is 0.733. The third-order valence-corrected chi connectivity index (χ3v) is 10.3. The van der Waals surface area contributed by atoms with E-state index in [4.69, 9.17) is 5.11 Å². The van der Waals surface area contributed by atoms with Crippen LogP contribution in [-0.2, 0) is 25.2 Å². The molecule has 0 unspecified atom stereocenters. The zero-order chi connectivity index (χ0) is 28.0. The number of benzene rings is 6. The summed E-state index contributed by atoms with van der Waals surface area (Å²) in [6.07, 6.45) is 1.67. The second-order valence-corrected chi connectivity index (χ2v) is 12.6. The molecule has 5 heteroatoms. The van der Waals surface area contributed by atoms with E-state index < -0.39 is 19.9 Å². The average Bonchev–Trinajstić information content (AvgIpc) is 3.58. The minimum atomic E-state index is -1.23. The molecule has 0 spiro atoms. The normalized spacial score (nSPS) is 14.3. The maximum Gasteiger partial charge on any atom is 2.00 e. The summed E-state index contributed by atoms with van der Waals surface area (Å²) in [5.74, 6) is -0.775. The first-order valence-electron chi connectivity index (χ1n) is 14.0. The predicted molar refractivity (Wildman–Crippen MR) is 175 cm³/mol. The fourth-order valence-corrected chi connectivity index (χ4v) is 8.40. The largest absolute Gasteiger partial charge is 2.00 e. The average molecular weight is 659 g/mol. The van der Waals surface area contributed by atoms with Gasteiger partial charge in [-0.3, -0.25) is 4.79 Å². The SMILES string of the molecule is O=C(O)[C@@H]1CCC[N-]1.[Pd+2].[c-]1ccc2ccccc2c1-c1c([PH+](c2ccccc2)c2ccccc2)ccc2ccccc12. The Morgan fingerprint density at radius 3 is 1.86 bits per heavy atom. The van der Waals surface area contributed by atoms with Crippen molar-refractivity contribution in [3.8, 4) is 11.1 Å². The van der Waals surface area contributed by atoms with Gasteiger partial charge in [0.1, 0.15) is 10.6 Å². The van der Waals surface area contributed by atoms with E-state index in [0.29, 0.717) is 0 Å². The molecular weight excluding hydrogens is 628 g/mol. The summed E-state index contributed by atoms with van der Waals surface area (Å²) in [6, 6.07) is 51.5. The van der Waals surface area contributed by atoms with Crippen LogP contribution in [0.5, 0.6) is 0 Å². The van der Waals surface area contributed by atoms with Gasteiger partial charge in [-0.2, -0.15) is 0 Å². The Morgan fingerprint density at radius 1 is 0.714 bits per heavy atom. The van der Waals surface area contributed by atoms with Gasteiger partial charge >= 0.3 is 20.4 Å². The number of hydrogen-bond donors (Lipinski definition) is 1. The maximum atomic E-state index is 10.1. The van der Waals surface area contributed by atoms with Crippen LogP contribution in [-0.4, -0.2) is 23.7 Å². The van der Waals surface area contributed by atoms with Crippen molar-refractivity contribution in [1.82, 2.24) is 0 Å². The van der Waals surface area contributed by atoms with Crippen LogP contribution in [0, 0.1) is 6.07 Å². The van der Waals surface area contributed by atoms with Gasteiger partial charge in [0.05, 0.1) is 13.2 Å². The molecule has 0 aromatic heterocycles. The number of aliphatic carboxylic acids is 1. The number of hydrogen-bond acceptors (Lipinski definition) is 1. The monoisotopic (exact) mass is 658 g/mol. The molecule has 6 aromatic rings. The molecule has 3 nitrogen and oxygen atoms in total. The molecule has 1 heterocycles. The van der Waals surface area contributed by atoms with Crippen molar-refractivity contribution in [2.24, 2.45) is 0 Å². The Morgan fingerprint density at radius 2 is 1.29 bits per heavy atom.